The van der Waals surface area contributed by atoms with E-state index in [1.807, 2.05) is 110 Å². The Bertz CT molecular complexity index is 5700. The van der Waals surface area contributed by atoms with E-state index in [9.17, 15) is 9.59 Å². The molecule has 16 rings (SSSR count). The molecule has 546 valence electrons. The summed E-state index contributed by atoms with van der Waals surface area (Å²) in [7, 11) is 0. The first-order valence-electron chi connectivity index (χ1n) is 35.2. The Morgan fingerprint density at radius 2 is 0.890 bits per heavy atom. The molecule has 0 unspecified atom stereocenters. The molecule has 0 saturated heterocycles. The van der Waals surface area contributed by atoms with Crippen LogP contribution in [0.15, 0.2) is 217 Å². The van der Waals surface area contributed by atoms with Crippen LogP contribution in [-0.2, 0) is 66.4 Å². The number of carbonyl (C=O) groups excluding carboxylic acids is 2. The Morgan fingerprint density at radius 1 is 0.440 bits per heavy atom. The first-order chi connectivity index (χ1) is 53.4. The number of aliphatic imine (C=N–C) groups is 4. The summed E-state index contributed by atoms with van der Waals surface area (Å²) in [6.45, 7) is 22.7. The molecular formula is C85H74N12O10S2. The van der Waals surface area contributed by atoms with Crippen molar-refractivity contribution in [3.63, 3.8) is 0 Å². The van der Waals surface area contributed by atoms with Gasteiger partial charge in [0.05, 0.1) is 117 Å². The van der Waals surface area contributed by atoms with Crippen LogP contribution in [0.2, 0.25) is 0 Å². The van der Waals surface area contributed by atoms with Gasteiger partial charge >= 0.3 is 11.9 Å². The van der Waals surface area contributed by atoms with Crippen LogP contribution < -0.4 is 4.89 Å². The first kappa shape index (κ1) is 72.3. The van der Waals surface area contributed by atoms with Gasteiger partial charge in [-0.15, -0.1) is 22.7 Å². The summed E-state index contributed by atoms with van der Waals surface area (Å²) in [4.78, 5) is 90.3. The van der Waals surface area contributed by atoms with Crippen molar-refractivity contribution in [2.24, 2.45) is 20.0 Å². The van der Waals surface area contributed by atoms with Gasteiger partial charge in [0.25, 0.3) is 5.88 Å². The van der Waals surface area contributed by atoms with Crippen LogP contribution in [0.4, 0.5) is 0 Å². The molecule has 0 fully saturated rings. The van der Waals surface area contributed by atoms with Gasteiger partial charge < -0.3 is 23.8 Å². The highest BCUT2D eigenvalue weighted by molar-refractivity contribution is 7.16. The Kier molecular flexibility index (Phi) is 21.5. The lowest BCUT2D eigenvalue weighted by Gasteiger charge is -2.14. The lowest BCUT2D eigenvalue weighted by Crippen LogP contribution is -2.14. The molecule has 0 radical (unpaired) electrons. The van der Waals surface area contributed by atoms with E-state index >= 15 is 0 Å². The van der Waals surface area contributed by atoms with Crippen molar-refractivity contribution in [1.29, 1.82) is 0 Å². The fourth-order valence-electron chi connectivity index (χ4n) is 13.5. The Labute approximate surface area is 636 Å². The van der Waals surface area contributed by atoms with Gasteiger partial charge in [-0.3, -0.25) is 38.2 Å². The summed E-state index contributed by atoms with van der Waals surface area (Å²) in [6, 6.07) is 49.2. The van der Waals surface area contributed by atoms with Crippen LogP contribution in [0, 0.1) is 27.7 Å². The van der Waals surface area contributed by atoms with E-state index in [4.69, 9.17) is 58.5 Å². The number of carbonyl (C=O) groups is 2. The van der Waals surface area contributed by atoms with Crippen LogP contribution in [0.3, 0.4) is 0 Å². The second-order valence-corrected chi connectivity index (χ2v) is 27.8. The van der Waals surface area contributed by atoms with Crippen LogP contribution in [0.25, 0.3) is 47.1 Å². The fourth-order valence-corrected chi connectivity index (χ4v) is 15.5. The van der Waals surface area contributed by atoms with Gasteiger partial charge in [0.2, 0.25) is 0 Å². The predicted octanol–water partition coefficient (Wildman–Crippen LogP) is 16.2. The average molecular weight is 1490 g/mol. The number of nitrogens with zero attached hydrogens (tertiary/aromatic N) is 12. The maximum atomic E-state index is 13.3. The molecule has 0 atom stereocenters. The maximum Gasteiger partial charge on any atom is 0.361 e. The number of benzene rings is 6. The maximum absolute atomic E-state index is 13.3. The van der Waals surface area contributed by atoms with Gasteiger partial charge in [0.1, 0.15) is 37.9 Å². The molecule has 109 heavy (non-hydrogen) atoms. The zero-order chi connectivity index (χ0) is 75.1. The summed E-state index contributed by atoms with van der Waals surface area (Å²) >= 11 is 3.25. The second kappa shape index (κ2) is 32.4. The molecule has 0 saturated carbocycles. The van der Waals surface area contributed by atoms with Crippen molar-refractivity contribution >= 4 is 81.8 Å². The zero-order valence-corrected chi connectivity index (χ0v) is 62.1. The summed E-state index contributed by atoms with van der Waals surface area (Å²) < 4.78 is 29.7. The van der Waals surface area contributed by atoms with E-state index in [0.717, 1.165) is 143 Å². The number of aryl methyl sites for hydroxylation is 4. The van der Waals surface area contributed by atoms with E-state index in [-0.39, 0.29) is 64.7 Å². The number of aromatic nitrogens is 8. The molecule has 6 aromatic heterocycles. The van der Waals surface area contributed by atoms with Gasteiger partial charge in [0.15, 0.2) is 31.8 Å². The highest BCUT2D eigenvalue weighted by Gasteiger charge is 2.31. The summed E-state index contributed by atoms with van der Waals surface area (Å²) in [5.74, 6) is -0.932. The Morgan fingerprint density at radius 3 is 1.42 bits per heavy atom. The number of thiophene rings is 2. The minimum atomic E-state index is -0.631. The minimum Gasteiger partial charge on any atom is -0.434 e. The Hall–Kier alpha value is -12.3. The van der Waals surface area contributed by atoms with Crippen molar-refractivity contribution in [1.82, 2.24) is 38.2 Å². The van der Waals surface area contributed by atoms with Crippen LogP contribution in [-0.4, -0.2) is 107 Å². The quantitative estimate of drug-likeness (QED) is 0.0180. The van der Waals surface area contributed by atoms with Crippen LogP contribution in [0.5, 0.6) is 5.88 Å². The molecule has 4 aliphatic heterocycles. The zero-order valence-electron chi connectivity index (χ0n) is 60.5. The van der Waals surface area contributed by atoms with Crippen molar-refractivity contribution in [2.75, 3.05) is 33.6 Å². The highest BCUT2D eigenvalue weighted by atomic mass is 32.1. The summed E-state index contributed by atoms with van der Waals surface area (Å²) in [5.41, 5.74) is 23.8. The van der Waals surface area contributed by atoms with E-state index < -0.39 is 11.9 Å². The molecule has 6 aromatic carbocycles. The standard InChI is InChI=1S/C45H40N6O5.C40H34N6O5S2/c1-5-11-32-17-19-38-36(23-32)42(34-15-10-8-13-30(34)4)47-25-40-44(49-27-51(38)40)56-55-21-20-53-28-54-45(52)43-39-24-46-41(33-14-9-7-12-29(33)3)35-22-31(6-2)16-18-37(35)50(39)26-48-43;1-5-26-15-31-38(52-26)35(28-13-9-7-11-24(28)3)41-17-33-30(43-20-45(31)33)19-50-51-23-48-22-49-40(47)37-34-18-42-36(29-14-10-8-12-25(29)4)39-32(46(34)21-44-37)16-27(6-2)53-39/h5-19,22-23,26-27H,2,20-21,24-25,28H2,1,3-4H3;5-16,20-21H,1-2,17-19,22-23H2,3-4H3. The lowest BCUT2D eigenvalue weighted by molar-refractivity contribution is -0.350. The summed E-state index contributed by atoms with van der Waals surface area (Å²) in [5, 5.41) is 0. The largest absolute Gasteiger partial charge is 0.434 e. The summed E-state index contributed by atoms with van der Waals surface area (Å²) in [6.07, 6.45) is 16.3. The Balaban J connectivity index is 0.000000174. The third-order valence-electron chi connectivity index (χ3n) is 18.9. The minimum absolute atomic E-state index is 0.0601. The molecule has 0 N–H and O–H groups in total. The van der Waals surface area contributed by atoms with Crippen LogP contribution in [0.1, 0.15) is 143 Å². The topological polar surface area (TPSA) is 229 Å². The van der Waals surface area contributed by atoms with E-state index in [0.29, 0.717) is 36.1 Å². The molecule has 0 aliphatic carbocycles. The molecule has 24 heteroatoms. The number of esters is 2. The number of allylic oxidation sites excluding steroid dienone is 1. The third kappa shape index (κ3) is 14.8. The monoisotopic (exact) mass is 1490 g/mol. The van der Waals surface area contributed by atoms with Crippen molar-refractivity contribution in [3.8, 4) is 28.6 Å². The van der Waals surface area contributed by atoms with Crippen molar-refractivity contribution in [2.45, 2.75) is 67.4 Å². The number of ether oxygens (including phenoxy) is 4. The molecular weight excluding hydrogens is 1410 g/mol. The smallest absolute Gasteiger partial charge is 0.361 e. The van der Waals surface area contributed by atoms with E-state index in [2.05, 4.69) is 152 Å². The number of imidazole rings is 4. The lowest BCUT2D eigenvalue weighted by atomic mass is 9.95. The van der Waals surface area contributed by atoms with Crippen molar-refractivity contribution < 1.29 is 48.1 Å². The first-order valence-corrected chi connectivity index (χ1v) is 36.8. The normalized spacial score (nSPS) is 13.1. The molecule has 12 aromatic rings. The number of rotatable bonds is 24. The third-order valence-corrected chi connectivity index (χ3v) is 21.2. The average Bonchev–Trinajstić information content (AvgIpc) is 1.72. The van der Waals surface area contributed by atoms with Gasteiger partial charge in [-0.05, 0) is 104 Å². The number of hydrogen-bond acceptors (Lipinski definition) is 20. The van der Waals surface area contributed by atoms with Crippen LogP contribution >= 0.6 is 22.7 Å². The predicted molar refractivity (Wildman–Crippen MR) is 422 cm³/mol. The fraction of sp³-hybridized carbons (Fsp3) is 0.176. The van der Waals surface area contributed by atoms with E-state index in [1.165, 1.54) is 0 Å². The molecule has 0 spiro atoms. The highest BCUT2D eigenvalue weighted by Crippen LogP contribution is 2.38. The second-order valence-electron chi connectivity index (χ2n) is 25.6. The van der Waals surface area contributed by atoms with Gasteiger partial charge in [-0.1, -0.05) is 159 Å². The van der Waals surface area contributed by atoms with E-state index in [1.54, 1.807) is 54.1 Å². The molecule has 22 nitrogen and oxygen atoms in total. The van der Waals surface area contributed by atoms with Crippen molar-refractivity contribution in [3.05, 3.63) is 323 Å². The van der Waals surface area contributed by atoms with Gasteiger partial charge in [0, 0.05) is 43.1 Å². The molecule has 0 amide bonds. The van der Waals surface area contributed by atoms with Gasteiger partial charge in [-0.2, -0.15) is 9.87 Å². The number of hydrogen-bond donors (Lipinski definition) is 0. The SMILES string of the molecule is C=Cc1cc2c(s1)C(c1ccccc1C)=NCc1c(COOCOCOC(=O)c3ncn4c3CN=C(c3ccccc3C)c3sc(C=C)cc3-4)ncn1-2.C=Cc1ccc2c(c1)C(c1ccccc1C)=NCc1c(C(=O)OCOCCOOc3ncn4c3CN=C(c3ccccc3C)c3cc(C=CC)ccc3-4)ncn1-2. The molecule has 0 bridgehead atoms. The molecule has 10 heterocycles. The van der Waals surface area contributed by atoms with Gasteiger partial charge in [-0.25, -0.2) is 34.3 Å². The number of fused-ring (bicyclic) bond motifs is 12. The molecule has 4 aliphatic rings.